The minimum atomic E-state index is -0.620. The monoisotopic (exact) mass is 421 g/mol. The fourth-order valence-electron chi connectivity index (χ4n) is 2.02. The normalized spacial score (nSPS) is 10.5. The number of anilines is 1. The van der Waals surface area contributed by atoms with Crippen LogP contribution in [0.4, 0.5) is 10.1 Å². The molecule has 0 aliphatic heterocycles. The Morgan fingerprint density at radius 3 is 2.54 bits per heavy atom. The molecule has 0 radical (unpaired) electrons. The summed E-state index contributed by atoms with van der Waals surface area (Å²) in [7, 11) is 0. The average Bonchev–Trinajstić information content (AvgIpc) is 3.16. The summed E-state index contributed by atoms with van der Waals surface area (Å²) in [5.41, 5.74) is 1.10. The molecule has 3 aromatic rings. The predicted molar refractivity (Wildman–Crippen MR) is 101 cm³/mol. The molecule has 0 unspecified atom stereocenters. The molecule has 1 amide bonds. The summed E-state index contributed by atoms with van der Waals surface area (Å²) >= 11 is 6.82. The first-order valence-corrected chi connectivity index (χ1v) is 9.29. The maximum absolute atomic E-state index is 12.8. The van der Waals surface area contributed by atoms with E-state index >= 15 is 0 Å². The summed E-state index contributed by atoms with van der Waals surface area (Å²) in [5, 5.41) is 11.0. The number of carbonyl (C=O) groups excluding carboxylic acids is 2. The summed E-state index contributed by atoms with van der Waals surface area (Å²) in [4.78, 5) is 23.5. The number of ether oxygens (including phenoxy) is 1. The quantitative estimate of drug-likeness (QED) is 0.458. The van der Waals surface area contributed by atoms with Crippen molar-refractivity contribution in [2.24, 2.45) is 0 Å². The van der Waals surface area contributed by atoms with Gasteiger partial charge in [0.05, 0.1) is 0 Å². The number of benzene rings is 2. The lowest BCUT2D eigenvalue weighted by Gasteiger charge is -2.06. The van der Waals surface area contributed by atoms with E-state index in [2.05, 4.69) is 15.5 Å². The molecule has 2 aromatic carbocycles. The first kappa shape index (κ1) is 19.8. The zero-order chi connectivity index (χ0) is 19.9. The third kappa shape index (κ3) is 5.80. The minimum Gasteiger partial charge on any atom is -0.455 e. The number of hydrogen-bond acceptors (Lipinski definition) is 7. The number of amides is 1. The van der Waals surface area contributed by atoms with E-state index < -0.39 is 24.3 Å². The predicted octanol–water partition coefficient (Wildman–Crippen LogP) is 3.80. The Morgan fingerprint density at radius 2 is 1.82 bits per heavy atom. The van der Waals surface area contributed by atoms with Gasteiger partial charge in [0.25, 0.3) is 11.1 Å². The number of rotatable bonds is 7. The van der Waals surface area contributed by atoms with Crippen LogP contribution in [-0.4, -0.2) is 34.4 Å². The Hall–Kier alpha value is -2.91. The van der Waals surface area contributed by atoms with Gasteiger partial charge in [-0.2, -0.15) is 0 Å². The second-order valence-corrected chi connectivity index (χ2v) is 6.75. The summed E-state index contributed by atoms with van der Waals surface area (Å²) in [5.74, 6) is -1.38. The fourth-order valence-corrected chi connectivity index (χ4v) is 2.70. The molecule has 10 heteroatoms. The molecule has 3 rings (SSSR count). The molecular formula is C18H13ClFN3O4S. The van der Waals surface area contributed by atoms with Gasteiger partial charge in [-0.15, -0.1) is 10.2 Å². The standard InChI is InChI=1S/C18H13ClFN3O4S/c19-12-3-1-11(2-4-12)17-22-23-18(27-17)28-10-16(25)26-9-15(24)21-14-7-5-13(20)6-8-14/h1-8H,9-10H2,(H,21,24). The van der Waals surface area contributed by atoms with Crippen molar-refractivity contribution >= 4 is 40.9 Å². The van der Waals surface area contributed by atoms with Crippen molar-refractivity contribution in [1.82, 2.24) is 10.2 Å². The minimum absolute atomic E-state index is 0.105. The number of halogens is 2. The number of nitrogens with one attached hydrogen (secondary N) is 1. The second kappa shape index (κ2) is 9.34. The lowest BCUT2D eigenvalue weighted by atomic mass is 10.2. The molecule has 1 aromatic heterocycles. The molecule has 0 saturated carbocycles. The molecule has 0 atom stereocenters. The average molecular weight is 422 g/mol. The molecule has 0 aliphatic rings. The van der Waals surface area contributed by atoms with Gasteiger partial charge in [-0.05, 0) is 48.5 Å². The van der Waals surface area contributed by atoms with Gasteiger partial charge in [0.2, 0.25) is 5.89 Å². The lowest BCUT2D eigenvalue weighted by molar-refractivity contribution is -0.144. The van der Waals surface area contributed by atoms with Crippen molar-refractivity contribution < 1.29 is 23.1 Å². The molecule has 0 spiro atoms. The van der Waals surface area contributed by atoms with Crippen LogP contribution >= 0.6 is 23.4 Å². The van der Waals surface area contributed by atoms with Crippen LogP contribution in [0.3, 0.4) is 0 Å². The van der Waals surface area contributed by atoms with E-state index in [1.165, 1.54) is 24.3 Å². The van der Waals surface area contributed by atoms with Crippen molar-refractivity contribution in [3.63, 3.8) is 0 Å². The van der Waals surface area contributed by atoms with Crippen molar-refractivity contribution in [3.05, 3.63) is 59.4 Å². The fraction of sp³-hybridized carbons (Fsp3) is 0.111. The van der Waals surface area contributed by atoms with Crippen LogP contribution < -0.4 is 5.32 Å². The SMILES string of the molecule is O=C(COC(=O)CSc1nnc(-c2ccc(Cl)cc2)o1)Nc1ccc(F)cc1. The van der Waals surface area contributed by atoms with Crippen molar-refractivity contribution in [1.29, 1.82) is 0 Å². The van der Waals surface area contributed by atoms with Gasteiger partial charge in [-0.1, -0.05) is 23.4 Å². The van der Waals surface area contributed by atoms with E-state index in [9.17, 15) is 14.0 Å². The number of nitrogens with zero attached hydrogens (tertiary/aromatic N) is 2. The number of carbonyl (C=O) groups is 2. The molecule has 28 heavy (non-hydrogen) atoms. The maximum atomic E-state index is 12.8. The zero-order valence-corrected chi connectivity index (χ0v) is 15.8. The molecule has 144 valence electrons. The molecule has 0 fully saturated rings. The van der Waals surface area contributed by atoms with E-state index in [4.69, 9.17) is 20.8 Å². The highest BCUT2D eigenvalue weighted by molar-refractivity contribution is 7.99. The summed E-state index contributed by atoms with van der Waals surface area (Å²) < 4.78 is 23.1. The molecule has 1 heterocycles. The van der Waals surface area contributed by atoms with Gasteiger partial charge < -0.3 is 14.5 Å². The molecule has 0 aliphatic carbocycles. The van der Waals surface area contributed by atoms with Crippen LogP contribution in [0.25, 0.3) is 11.5 Å². The largest absolute Gasteiger partial charge is 0.455 e. The Morgan fingerprint density at radius 1 is 1.11 bits per heavy atom. The van der Waals surface area contributed by atoms with Gasteiger partial charge in [-0.3, -0.25) is 9.59 Å². The molecule has 1 N–H and O–H groups in total. The van der Waals surface area contributed by atoms with Gasteiger partial charge in [0.15, 0.2) is 6.61 Å². The first-order valence-electron chi connectivity index (χ1n) is 7.93. The molecular weight excluding hydrogens is 409 g/mol. The smallest absolute Gasteiger partial charge is 0.316 e. The van der Waals surface area contributed by atoms with E-state index in [1.807, 2.05) is 0 Å². The van der Waals surface area contributed by atoms with Gasteiger partial charge in [0, 0.05) is 16.3 Å². The van der Waals surface area contributed by atoms with Gasteiger partial charge >= 0.3 is 5.97 Å². The summed E-state index contributed by atoms with van der Waals surface area (Å²) in [6.45, 7) is -0.462. The van der Waals surface area contributed by atoms with Crippen LogP contribution in [-0.2, 0) is 14.3 Å². The second-order valence-electron chi connectivity index (χ2n) is 5.38. The third-order valence-corrected chi connectivity index (χ3v) is 4.35. The van der Waals surface area contributed by atoms with Crippen LogP contribution in [0.1, 0.15) is 0 Å². The Kier molecular flexibility index (Phi) is 6.62. The van der Waals surface area contributed by atoms with E-state index in [-0.39, 0.29) is 11.0 Å². The number of esters is 1. The number of hydrogen-bond donors (Lipinski definition) is 1. The highest BCUT2D eigenvalue weighted by atomic mass is 35.5. The Balaban J connectivity index is 1.42. The molecule has 7 nitrogen and oxygen atoms in total. The Labute approximate surface area is 168 Å². The van der Waals surface area contributed by atoms with E-state index in [1.54, 1.807) is 24.3 Å². The highest BCUT2D eigenvalue weighted by Gasteiger charge is 2.13. The number of aromatic nitrogens is 2. The van der Waals surface area contributed by atoms with Crippen molar-refractivity contribution in [3.8, 4) is 11.5 Å². The topological polar surface area (TPSA) is 94.3 Å². The van der Waals surface area contributed by atoms with E-state index in [0.717, 1.165) is 11.8 Å². The highest BCUT2D eigenvalue weighted by Crippen LogP contribution is 2.24. The maximum Gasteiger partial charge on any atom is 0.316 e. The third-order valence-electron chi connectivity index (χ3n) is 3.30. The molecule has 0 bridgehead atoms. The Bertz CT molecular complexity index is 964. The van der Waals surface area contributed by atoms with E-state index in [0.29, 0.717) is 22.2 Å². The van der Waals surface area contributed by atoms with Crippen LogP contribution in [0.5, 0.6) is 0 Å². The van der Waals surface area contributed by atoms with Crippen LogP contribution in [0.15, 0.2) is 58.2 Å². The van der Waals surface area contributed by atoms with Crippen LogP contribution in [0, 0.1) is 5.82 Å². The van der Waals surface area contributed by atoms with Gasteiger partial charge in [-0.25, -0.2) is 4.39 Å². The first-order chi connectivity index (χ1) is 13.5. The summed E-state index contributed by atoms with van der Waals surface area (Å²) in [6.07, 6.45) is 0. The van der Waals surface area contributed by atoms with Gasteiger partial charge in [0.1, 0.15) is 11.6 Å². The van der Waals surface area contributed by atoms with Crippen LogP contribution in [0.2, 0.25) is 5.02 Å². The molecule has 0 saturated heterocycles. The van der Waals surface area contributed by atoms with Crippen molar-refractivity contribution in [2.45, 2.75) is 5.22 Å². The summed E-state index contributed by atoms with van der Waals surface area (Å²) in [6, 6.07) is 12.1. The number of thioether (sulfide) groups is 1. The lowest BCUT2D eigenvalue weighted by Crippen LogP contribution is -2.21. The zero-order valence-electron chi connectivity index (χ0n) is 14.2. The van der Waals surface area contributed by atoms with Crippen molar-refractivity contribution in [2.75, 3.05) is 17.7 Å².